The van der Waals surface area contributed by atoms with Crippen LogP contribution in [0.3, 0.4) is 0 Å². The van der Waals surface area contributed by atoms with Crippen molar-refractivity contribution < 1.29 is 4.74 Å². The first-order valence-corrected chi connectivity index (χ1v) is 8.08. The molecule has 3 heteroatoms. The normalized spacial score (nSPS) is 18.9. The molecule has 1 heterocycles. The molecule has 0 saturated carbocycles. The number of likely N-dealkylation sites (N-methyl/N-ethyl adjacent to an activating group) is 1. The summed E-state index contributed by atoms with van der Waals surface area (Å²) in [6.45, 7) is 2.14. The minimum Gasteiger partial charge on any atom is -0.496 e. The van der Waals surface area contributed by atoms with Gasteiger partial charge in [0.25, 0.3) is 0 Å². The molecular weight excluding hydrogens is 326 g/mol. The van der Waals surface area contributed by atoms with Gasteiger partial charge >= 0.3 is 0 Å². The van der Waals surface area contributed by atoms with Gasteiger partial charge in [-0.3, -0.25) is 0 Å². The summed E-state index contributed by atoms with van der Waals surface area (Å²) in [6, 6.07) is 15.2. The van der Waals surface area contributed by atoms with Gasteiger partial charge in [0.1, 0.15) is 5.75 Å². The van der Waals surface area contributed by atoms with Crippen molar-refractivity contribution in [3.8, 4) is 5.75 Å². The smallest absolute Gasteiger partial charge is 0.133 e. The van der Waals surface area contributed by atoms with E-state index in [1.165, 1.54) is 16.7 Å². The van der Waals surface area contributed by atoms with Crippen LogP contribution in [0.1, 0.15) is 22.6 Å². The second-order valence-corrected chi connectivity index (χ2v) is 6.52. The van der Waals surface area contributed by atoms with Crippen molar-refractivity contribution in [1.82, 2.24) is 4.90 Å². The topological polar surface area (TPSA) is 12.5 Å². The molecule has 0 fully saturated rings. The predicted octanol–water partition coefficient (Wildman–Crippen LogP) is 4.08. The van der Waals surface area contributed by atoms with Crippen LogP contribution in [-0.2, 0) is 6.42 Å². The summed E-state index contributed by atoms with van der Waals surface area (Å²) in [5, 5.41) is 0. The molecule has 0 amide bonds. The van der Waals surface area contributed by atoms with Crippen molar-refractivity contribution in [2.75, 3.05) is 27.2 Å². The lowest BCUT2D eigenvalue weighted by atomic mass is 9.88. The lowest BCUT2D eigenvalue weighted by Gasteiger charge is -2.22. The Labute approximate surface area is 134 Å². The number of benzene rings is 2. The number of fused-ring (bicyclic) bond motifs is 1. The van der Waals surface area contributed by atoms with Crippen LogP contribution in [0.4, 0.5) is 0 Å². The van der Waals surface area contributed by atoms with E-state index in [9.17, 15) is 0 Å². The maximum Gasteiger partial charge on any atom is 0.133 e. The van der Waals surface area contributed by atoms with Crippen LogP contribution in [0.15, 0.2) is 46.9 Å². The van der Waals surface area contributed by atoms with E-state index in [4.69, 9.17) is 4.74 Å². The third-order valence-corrected chi connectivity index (χ3v) is 4.87. The van der Waals surface area contributed by atoms with E-state index in [-0.39, 0.29) is 0 Å². The van der Waals surface area contributed by atoms with Gasteiger partial charge in [-0.2, -0.15) is 0 Å². The molecule has 2 aromatic rings. The van der Waals surface area contributed by atoms with Gasteiger partial charge in [-0.1, -0.05) is 30.3 Å². The summed E-state index contributed by atoms with van der Waals surface area (Å²) in [4.78, 5) is 2.41. The van der Waals surface area contributed by atoms with Gasteiger partial charge in [-0.25, -0.2) is 0 Å². The van der Waals surface area contributed by atoms with Gasteiger partial charge in [0, 0.05) is 19.0 Å². The highest BCUT2D eigenvalue weighted by Gasteiger charge is 2.24. The lowest BCUT2D eigenvalue weighted by molar-refractivity contribution is 0.338. The Balaban J connectivity index is 2.12. The Hall–Kier alpha value is -1.32. The SMILES string of the molecule is COc1cc2c(cc1Br)CCN(C)CC2c1ccccc1. The second kappa shape index (κ2) is 6.20. The standard InChI is InChI=1S/C18H20BrNO/c1-20-9-8-14-10-17(19)18(21-2)11-15(14)16(12-20)13-6-4-3-5-7-13/h3-7,10-11,16H,8-9,12H2,1-2H3. The van der Waals surface area contributed by atoms with Crippen LogP contribution in [0, 0.1) is 0 Å². The quantitative estimate of drug-likeness (QED) is 0.813. The fourth-order valence-electron chi connectivity index (χ4n) is 3.09. The Morgan fingerprint density at radius 2 is 1.95 bits per heavy atom. The van der Waals surface area contributed by atoms with Crippen LogP contribution >= 0.6 is 15.9 Å². The number of rotatable bonds is 2. The van der Waals surface area contributed by atoms with Gasteiger partial charge in [0.15, 0.2) is 0 Å². The highest BCUT2D eigenvalue weighted by Crippen LogP contribution is 2.37. The highest BCUT2D eigenvalue weighted by atomic mass is 79.9. The third kappa shape index (κ3) is 2.99. The zero-order valence-corrected chi connectivity index (χ0v) is 14.1. The zero-order chi connectivity index (χ0) is 14.8. The fraction of sp³-hybridized carbons (Fsp3) is 0.333. The predicted molar refractivity (Wildman–Crippen MR) is 90.2 cm³/mol. The second-order valence-electron chi connectivity index (χ2n) is 5.66. The average molecular weight is 346 g/mol. The van der Waals surface area contributed by atoms with Gasteiger partial charge < -0.3 is 9.64 Å². The van der Waals surface area contributed by atoms with E-state index >= 15 is 0 Å². The van der Waals surface area contributed by atoms with Crippen molar-refractivity contribution in [3.05, 3.63) is 63.6 Å². The zero-order valence-electron chi connectivity index (χ0n) is 12.5. The molecule has 0 saturated heterocycles. The van der Waals surface area contributed by atoms with Crippen LogP contribution in [-0.4, -0.2) is 32.1 Å². The van der Waals surface area contributed by atoms with E-state index in [1.54, 1.807) is 7.11 Å². The molecule has 1 aliphatic rings. The molecule has 21 heavy (non-hydrogen) atoms. The Bertz CT molecular complexity index is 627. The highest BCUT2D eigenvalue weighted by molar-refractivity contribution is 9.10. The first-order valence-electron chi connectivity index (χ1n) is 7.29. The first kappa shape index (κ1) is 14.6. The van der Waals surface area contributed by atoms with Gasteiger partial charge in [-0.15, -0.1) is 0 Å². The number of halogens is 1. The number of methoxy groups -OCH3 is 1. The van der Waals surface area contributed by atoms with Crippen LogP contribution in [0.5, 0.6) is 5.75 Å². The number of ether oxygens (including phenoxy) is 1. The van der Waals surface area contributed by atoms with Crippen molar-refractivity contribution in [1.29, 1.82) is 0 Å². The van der Waals surface area contributed by atoms with Crippen LogP contribution in [0.2, 0.25) is 0 Å². The van der Waals surface area contributed by atoms with Crippen molar-refractivity contribution >= 4 is 15.9 Å². The lowest BCUT2D eigenvalue weighted by Crippen LogP contribution is -2.24. The maximum absolute atomic E-state index is 5.50. The van der Waals surface area contributed by atoms with Gasteiger partial charge in [0.05, 0.1) is 11.6 Å². The molecule has 0 spiro atoms. The van der Waals surface area contributed by atoms with E-state index in [2.05, 4.69) is 70.3 Å². The summed E-state index contributed by atoms with van der Waals surface area (Å²) >= 11 is 3.61. The minimum absolute atomic E-state index is 0.399. The summed E-state index contributed by atoms with van der Waals surface area (Å²) < 4.78 is 6.54. The van der Waals surface area contributed by atoms with Gasteiger partial charge in [0.2, 0.25) is 0 Å². The van der Waals surface area contributed by atoms with Crippen molar-refractivity contribution in [3.63, 3.8) is 0 Å². The van der Waals surface area contributed by atoms with E-state index in [1.807, 2.05) is 0 Å². The van der Waals surface area contributed by atoms with E-state index in [0.29, 0.717) is 5.92 Å². The monoisotopic (exact) mass is 345 g/mol. The molecule has 1 atom stereocenters. The summed E-state index contributed by atoms with van der Waals surface area (Å²) in [7, 11) is 3.93. The minimum atomic E-state index is 0.399. The van der Waals surface area contributed by atoms with E-state index < -0.39 is 0 Å². The third-order valence-electron chi connectivity index (χ3n) is 4.25. The number of nitrogens with zero attached hydrogens (tertiary/aromatic N) is 1. The molecule has 2 nitrogen and oxygen atoms in total. The summed E-state index contributed by atoms with van der Waals surface area (Å²) in [6.07, 6.45) is 1.08. The molecule has 0 N–H and O–H groups in total. The number of hydrogen-bond acceptors (Lipinski definition) is 2. The Kier molecular flexibility index (Phi) is 4.32. The molecule has 1 aliphatic heterocycles. The molecule has 0 radical (unpaired) electrons. The van der Waals surface area contributed by atoms with Crippen molar-refractivity contribution in [2.45, 2.75) is 12.3 Å². The van der Waals surface area contributed by atoms with Crippen LogP contribution < -0.4 is 4.74 Å². The van der Waals surface area contributed by atoms with Crippen molar-refractivity contribution in [2.24, 2.45) is 0 Å². The summed E-state index contributed by atoms with van der Waals surface area (Å²) in [5.74, 6) is 1.31. The Morgan fingerprint density at radius 3 is 2.67 bits per heavy atom. The summed E-state index contributed by atoms with van der Waals surface area (Å²) in [5.41, 5.74) is 4.18. The molecule has 0 aliphatic carbocycles. The largest absolute Gasteiger partial charge is 0.496 e. The Morgan fingerprint density at radius 1 is 1.19 bits per heavy atom. The fourth-order valence-corrected chi connectivity index (χ4v) is 3.64. The van der Waals surface area contributed by atoms with Crippen LogP contribution in [0.25, 0.3) is 0 Å². The molecule has 1 unspecified atom stereocenters. The molecular formula is C18H20BrNO. The molecule has 3 rings (SSSR count). The molecule has 0 bridgehead atoms. The first-order chi connectivity index (χ1) is 10.2. The molecule has 0 aromatic heterocycles. The molecule has 2 aromatic carbocycles. The van der Waals surface area contributed by atoms with Gasteiger partial charge in [-0.05, 0) is 58.2 Å². The average Bonchev–Trinajstić information content (AvgIpc) is 2.67. The van der Waals surface area contributed by atoms with E-state index in [0.717, 1.165) is 29.7 Å². The maximum atomic E-state index is 5.50. The molecule has 110 valence electrons. The number of hydrogen-bond donors (Lipinski definition) is 0.